The lowest BCUT2D eigenvalue weighted by molar-refractivity contribution is 0.203. The third kappa shape index (κ3) is 3.72. The van der Waals surface area contributed by atoms with Gasteiger partial charge in [0.15, 0.2) is 0 Å². The van der Waals surface area contributed by atoms with Crippen molar-refractivity contribution in [3.05, 3.63) is 29.8 Å². The first-order valence-corrected chi connectivity index (χ1v) is 7.60. The van der Waals surface area contributed by atoms with Gasteiger partial charge in [0, 0.05) is 17.9 Å². The highest BCUT2D eigenvalue weighted by Gasteiger charge is 2.23. The lowest BCUT2D eigenvalue weighted by Gasteiger charge is -2.34. The topological polar surface area (TPSA) is 12.5 Å². The minimum Gasteiger partial charge on any atom is -0.497 e. The summed E-state index contributed by atoms with van der Waals surface area (Å²) in [7, 11) is 1.71. The van der Waals surface area contributed by atoms with E-state index >= 15 is 0 Å². The van der Waals surface area contributed by atoms with Crippen LogP contribution in [0.1, 0.15) is 18.9 Å². The summed E-state index contributed by atoms with van der Waals surface area (Å²) >= 11 is 3.78. The number of benzene rings is 1. The molecule has 0 spiro atoms. The summed E-state index contributed by atoms with van der Waals surface area (Å²) < 4.78 is 5.17. The summed E-state index contributed by atoms with van der Waals surface area (Å²) in [5.41, 5.74) is 1.39. The van der Waals surface area contributed by atoms with E-state index in [0.717, 1.165) is 24.6 Å². The minimum atomic E-state index is 0.655. The highest BCUT2D eigenvalue weighted by molar-refractivity contribution is 9.09. The number of alkyl halides is 1. The van der Waals surface area contributed by atoms with Crippen LogP contribution in [-0.2, 0) is 6.42 Å². The fraction of sp³-hybridized carbons (Fsp3) is 0.600. The Kier molecular flexibility index (Phi) is 5.07. The van der Waals surface area contributed by atoms with Crippen molar-refractivity contribution >= 4 is 15.9 Å². The summed E-state index contributed by atoms with van der Waals surface area (Å²) in [6.45, 7) is 5.90. The third-order valence-electron chi connectivity index (χ3n) is 3.83. The molecule has 1 aliphatic heterocycles. The van der Waals surface area contributed by atoms with Crippen LogP contribution in [-0.4, -0.2) is 36.5 Å². The van der Waals surface area contributed by atoms with E-state index in [0.29, 0.717) is 4.83 Å². The van der Waals surface area contributed by atoms with Crippen molar-refractivity contribution < 1.29 is 4.74 Å². The minimum absolute atomic E-state index is 0.655. The van der Waals surface area contributed by atoms with Gasteiger partial charge in [-0.05, 0) is 43.0 Å². The Morgan fingerprint density at radius 1 is 1.33 bits per heavy atom. The lowest BCUT2D eigenvalue weighted by Crippen LogP contribution is -2.41. The maximum absolute atomic E-state index is 5.17. The zero-order chi connectivity index (χ0) is 13.0. The number of rotatable bonds is 4. The standard InChI is InChI=1S/C15H22BrNO/c1-12-7-9-17(11-15(12)16)10-8-13-3-5-14(18-2)6-4-13/h3-6,12,15H,7-11H2,1-2H3. The van der Waals surface area contributed by atoms with Gasteiger partial charge < -0.3 is 9.64 Å². The largest absolute Gasteiger partial charge is 0.497 e. The lowest BCUT2D eigenvalue weighted by atomic mass is 9.98. The first-order valence-electron chi connectivity index (χ1n) is 6.68. The fourth-order valence-corrected chi connectivity index (χ4v) is 3.04. The van der Waals surface area contributed by atoms with E-state index in [1.807, 2.05) is 12.1 Å². The van der Waals surface area contributed by atoms with Crippen molar-refractivity contribution in [1.29, 1.82) is 0 Å². The number of hydrogen-bond acceptors (Lipinski definition) is 2. The molecule has 1 saturated heterocycles. The zero-order valence-corrected chi connectivity index (χ0v) is 12.8. The average molecular weight is 312 g/mol. The summed E-state index contributed by atoms with van der Waals surface area (Å²) in [5, 5.41) is 0. The van der Waals surface area contributed by atoms with Gasteiger partial charge in [-0.3, -0.25) is 0 Å². The number of halogens is 1. The van der Waals surface area contributed by atoms with Crippen LogP contribution in [0.15, 0.2) is 24.3 Å². The SMILES string of the molecule is COc1ccc(CCN2CCC(C)C(Br)C2)cc1. The van der Waals surface area contributed by atoms with Crippen LogP contribution in [0.2, 0.25) is 0 Å². The summed E-state index contributed by atoms with van der Waals surface area (Å²) in [6, 6.07) is 8.41. The van der Waals surface area contributed by atoms with E-state index in [1.165, 1.54) is 25.1 Å². The summed E-state index contributed by atoms with van der Waals surface area (Å²) in [5.74, 6) is 1.74. The number of hydrogen-bond donors (Lipinski definition) is 0. The van der Waals surface area contributed by atoms with Crippen LogP contribution in [0.25, 0.3) is 0 Å². The van der Waals surface area contributed by atoms with Gasteiger partial charge in [0.2, 0.25) is 0 Å². The molecule has 0 aromatic heterocycles. The van der Waals surface area contributed by atoms with Gasteiger partial charge in [0.05, 0.1) is 7.11 Å². The van der Waals surface area contributed by atoms with Crippen LogP contribution in [0.3, 0.4) is 0 Å². The molecule has 3 heteroatoms. The second-order valence-electron chi connectivity index (χ2n) is 5.18. The Bertz CT molecular complexity index is 365. The quantitative estimate of drug-likeness (QED) is 0.791. The molecule has 0 aliphatic carbocycles. The van der Waals surface area contributed by atoms with Crippen molar-refractivity contribution in [3.8, 4) is 5.75 Å². The zero-order valence-electron chi connectivity index (χ0n) is 11.2. The van der Waals surface area contributed by atoms with Crippen molar-refractivity contribution in [1.82, 2.24) is 4.90 Å². The molecule has 0 radical (unpaired) electrons. The van der Waals surface area contributed by atoms with Gasteiger partial charge in [0.25, 0.3) is 0 Å². The predicted octanol–water partition coefficient (Wildman–Crippen LogP) is 3.34. The molecule has 1 aliphatic rings. The van der Waals surface area contributed by atoms with Crippen molar-refractivity contribution in [3.63, 3.8) is 0 Å². The molecule has 100 valence electrons. The summed E-state index contributed by atoms with van der Waals surface area (Å²) in [4.78, 5) is 3.21. The van der Waals surface area contributed by atoms with Gasteiger partial charge in [-0.25, -0.2) is 0 Å². The molecule has 18 heavy (non-hydrogen) atoms. The van der Waals surface area contributed by atoms with Crippen molar-refractivity contribution in [2.24, 2.45) is 5.92 Å². The van der Waals surface area contributed by atoms with E-state index in [2.05, 4.69) is 39.9 Å². The van der Waals surface area contributed by atoms with Gasteiger partial charge in [-0.15, -0.1) is 0 Å². The molecule has 0 amide bonds. The van der Waals surface area contributed by atoms with E-state index in [-0.39, 0.29) is 0 Å². The molecule has 2 rings (SSSR count). The van der Waals surface area contributed by atoms with Crippen LogP contribution >= 0.6 is 15.9 Å². The highest BCUT2D eigenvalue weighted by Crippen LogP contribution is 2.23. The highest BCUT2D eigenvalue weighted by atomic mass is 79.9. The van der Waals surface area contributed by atoms with Crippen LogP contribution in [0.5, 0.6) is 5.75 Å². The molecular formula is C15H22BrNO. The molecule has 0 bridgehead atoms. The Hall–Kier alpha value is -0.540. The second-order valence-corrected chi connectivity index (χ2v) is 6.36. The Balaban J connectivity index is 1.80. The van der Waals surface area contributed by atoms with Crippen LogP contribution in [0.4, 0.5) is 0 Å². The third-order valence-corrected chi connectivity index (χ3v) is 5.02. The predicted molar refractivity (Wildman–Crippen MR) is 79.6 cm³/mol. The van der Waals surface area contributed by atoms with Gasteiger partial charge in [0.1, 0.15) is 5.75 Å². The van der Waals surface area contributed by atoms with Crippen LogP contribution < -0.4 is 4.74 Å². The average Bonchev–Trinajstić information content (AvgIpc) is 2.41. The van der Waals surface area contributed by atoms with E-state index in [4.69, 9.17) is 4.74 Å². The smallest absolute Gasteiger partial charge is 0.118 e. The molecule has 1 aromatic carbocycles. The molecule has 0 saturated carbocycles. The molecule has 2 atom stereocenters. The Labute approximate surface area is 118 Å². The molecule has 2 unspecified atom stereocenters. The van der Waals surface area contributed by atoms with Gasteiger partial charge >= 0.3 is 0 Å². The molecule has 1 fully saturated rings. The monoisotopic (exact) mass is 311 g/mol. The molecule has 1 aromatic rings. The molecule has 2 nitrogen and oxygen atoms in total. The maximum Gasteiger partial charge on any atom is 0.118 e. The number of likely N-dealkylation sites (tertiary alicyclic amines) is 1. The van der Waals surface area contributed by atoms with Crippen molar-refractivity contribution in [2.45, 2.75) is 24.6 Å². The summed E-state index contributed by atoms with van der Waals surface area (Å²) in [6.07, 6.45) is 2.43. The first-order chi connectivity index (χ1) is 8.69. The van der Waals surface area contributed by atoms with E-state index < -0.39 is 0 Å². The second kappa shape index (κ2) is 6.58. The van der Waals surface area contributed by atoms with Gasteiger partial charge in [-0.2, -0.15) is 0 Å². The Morgan fingerprint density at radius 2 is 2.06 bits per heavy atom. The number of ether oxygens (including phenoxy) is 1. The molecular weight excluding hydrogens is 290 g/mol. The maximum atomic E-state index is 5.17. The van der Waals surface area contributed by atoms with Crippen LogP contribution in [0, 0.1) is 5.92 Å². The normalized spacial score (nSPS) is 25.1. The molecule has 0 N–H and O–H groups in total. The van der Waals surface area contributed by atoms with Crippen molar-refractivity contribution in [2.75, 3.05) is 26.7 Å². The van der Waals surface area contributed by atoms with Gasteiger partial charge in [-0.1, -0.05) is 35.0 Å². The van der Waals surface area contributed by atoms with E-state index in [9.17, 15) is 0 Å². The number of nitrogens with zero attached hydrogens (tertiary/aromatic N) is 1. The molecule has 1 heterocycles. The first kappa shape index (κ1) is 13.9. The number of methoxy groups -OCH3 is 1. The van der Waals surface area contributed by atoms with E-state index in [1.54, 1.807) is 7.11 Å². The fourth-order valence-electron chi connectivity index (χ4n) is 2.37. The number of piperidine rings is 1. The Morgan fingerprint density at radius 3 is 2.67 bits per heavy atom.